The van der Waals surface area contributed by atoms with Crippen molar-refractivity contribution in [3.8, 4) is 11.5 Å². The molecule has 2 aromatic rings. The molecule has 0 spiro atoms. The molecule has 134 valence electrons. The van der Waals surface area contributed by atoms with Crippen molar-refractivity contribution in [1.82, 2.24) is 30.3 Å². The highest BCUT2D eigenvalue weighted by molar-refractivity contribution is 5.74. The van der Waals surface area contributed by atoms with Crippen molar-refractivity contribution in [2.24, 2.45) is 5.92 Å². The molecule has 1 fully saturated rings. The molecule has 9 heteroatoms. The summed E-state index contributed by atoms with van der Waals surface area (Å²) >= 11 is 0. The second-order valence-electron chi connectivity index (χ2n) is 5.99. The number of rotatable bonds is 6. The summed E-state index contributed by atoms with van der Waals surface area (Å²) < 4.78 is 10.3. The third-order valence-corrected chi connectivity index (χ3v) is 4.11. The van der Waals surface area contributed by atoms with Crippen LogP contribution in [0, 0.1) is 5.92 Å². The number of hydrogen-bond acceptors (Lipinski definition) is 7. The van der Waals surface area contributed by atoms with E-state index >= 15 is 0 Å². The zero-order chi connectivity index (χ0) is 17.5. The molecule has 0 radical (unpaired) electrons. The van der Waals surface area contributed by atoms with E-state index in [1.165, 1.54) is 0 Å². The van der Waals surface area contributed by atoms with Gasteiger partial charge < -0.3 is 19.5 Å². The Labute approximate surface area is 145 Å². The van der Waals surface area contributed by atoms with Crippen LogP contribution >= 0.6 is 0 Å². The minimum Gasteiger partial charge on any atom is -0.383 e. The maximum absolute atomic E-state index is 12.2. The van der Waals surface area contributed by atoms with Crippen LogP contribution in [0.15, 0.2) is 23.1 Å². The van der Waals surface area contributed by atoms with Gasteiger partial charge in [0.05, 0.1) is 12.8 Å². The summed E-state index contributed by atoms with van der Waals surface area (Å²) in [6.07, 6.45) is 7.43. The SMILES string of the molecule is COCCNC(=O)N1CCC[C@H](Cc2nc(-c3cnccn3)no2)C1. The van der Waals surface area contributed by atoms with E-state index in [2.05, 4.69) is 25.4 Å². The van der Waals surface area contributed by atoms with E-state index in [1.54, 1.807) is 25.7 Å². The van der Waals surface area contributed by atoms with Crippen LogP contribution in [0.1, 0.15) is 18.7 Å². The molecule has 1 aliphatic rings. The molecular weight excluding hydrogens is 324 g/mol. The summed E-state index contributed by atoms with van der Waals surface area (Å²) in [6.45, 7) is 2.48. The first-order valence-corrected chi connectivity index (χ1v) is 8.37. The largest absolute Gasteiger partial charge is 0.383 e. The normalized spacial score (nSPS) is 17.5. The van der Waals surface area contributed by atoms with E-state index in [9.17, 15) is 4.79 Å². The molecule has 1 N–H and O–H groups in total. The number of amides is 2. The highest BCUT2D eigenvalue weighted by atomic mass is 16.5. The molecule has 0 saturated carbocycles. The van der Waals surface area contributed by atoms with Crippen molar-refractivity contribution in [2.75, 3.05) is 33.4 Å². The van der Waals surface area contributed by atoms with Crippen LogP contribution in [-0.2, 0) is 11.2 Å². The van der Waals surface area contributed by atoms with Gasteiger partial charge in [-0.2, -0.15) is 4.98 Å². The Balaban J connectivity index is 1.54. The predicted molar refractivity (Wildman–Crippen MR) is 88.6 cm³/mol. The standard InChI is InChI=1S/C16H22N6O3/c1-24-8-6-19-16(23)22-7-2-3-12(11-22)9-14-20-15(21-25-14)13-10-17-4-5-18-13/h4-5,10,12H,2-3,6-9,11H2,1H3,(H,19,23)/t12-/m1/s1. The van der Waals surface area contributed by atoms with Crippen LogP contribution in [-0.4, -0.2) is 64.4 Å². The van der Waals surface area contributed by atoms with Crippen molar-refractivity contribution in [1.29, 1.82) is 0 Å². The molecule has 1 aliphatic heterocycles. The molecule has 1 saturated heterocycles. The fourth-order valence-corrected chi connectivity index (χ4v) is 2.89. The lowest BCUT2D eigenvalue weighted by Crippen LogP contribution is -2.46. The van der Waals surface area contributed by atoms with Gasteiger partial charge in [-0.15, -0.1) is 0 Å². The van der Waals surface area contributed by atoms with Crippen LogP contribution in [0.2, 0.25) is 0 Å². The first kappa shape index (κ1) is 17.3. The van der Waals surface area contributed by atoms with Crippen LogP contribution in [0.4, 0.5) is 4.79 Å². The molecule has 2 amide bonds. The van der Waals surface area contributed by atoms with Crippen molar-refractivity contribution in [3.63, 3.8) is 0 Å². The second-order valence-corrected chi connectivity index (χ2v) is 5.99. The number of carbonyl (C=O) groups excluding carboxylic acids is 1. The molecule has 0 aliphatic carbocycles. The zero-order valence-corrected chi connectivity index (χ0v) is 14.2. The van der Waals surface area contributed by atoms with E-state index in [0.717, 1.165) is 19.4 Å². The molecule has 25 heavy (non-hydrogen) atoms. The molecule has 0 bridgehead atoms. The number of urea groups is 1. The smallest absolute Gasteiger partial charge is 0.317 e. The molecular formula is C16H22N6O3. The molecule has 3 rings (SSSR count). The van der Waals surface area contributed by atoms with E-state index in [-0.39, 0.29) is 6.03 Å². The number of methoxy groups -OCH3 is 1. The average Bonchev–Trinajstić information content (AvgIpc) is 3.11. The van der Waals surface area contributed by atoms with Crippen LogP contribution in [0.3, 0.4) is 0 Å². The van der Waals surface area contributed by atoms with Gasteiger partial charge >= 0.3 is 6.03 Å². The minimum absolute atomic E-state index is 0.0486. The molecule has 9 nitrogen and oxygen atoms in total. The molecule has 1 atom stereocenters. The highest BCUT2D eigenvalue weighted by Crippen LogP contribution is 2.21. The monoisotopic (exact) mass is 346 g/mol. The number of aromatic nitrogens is 4. The molecule has 0 unspecified atom stereocenters. The van der Waals surface area contributed by atoms with Crippen molar-refractivity contribution in [3.05, 3.63) is 24.5 Å². The number of hydrogen-bond donors (Lipinski definition) is 1. The molecule has 0 aromatic carbocycles. The third-order valence-electron chi connectivity index (χ3n) is 4.11. The van der Waals surface area contributed by atoms with Crippen LogP contribution in [0.5, 0.6) is 0 Å². The van der Waals surface area contributed by atoms with Crippen molar-refractivity contribution >= 4 is 6.03 Å². The fourth-order valence-electron chi connectivity index (χ4n) is 2.89. The maximum Gasteiger partial charge on any atom is 0.317 e. The Morgan fingerprint density at radius 2 is 2.40 bits per heavy atom. The van der Waals surface area contributed by atoms with Crippen LogP contribution in [0.25, 0.3) is 11.5 Å². The number of likely N-dealkylation sites (tertiary alicyclic amines) is 1. The van der Waals surface area contributed by atoms with Gasteiger partial charge in [-0.3, -0.25) is 4.98 Å². The molecule has 3 heterocycles. The lowest BCUT2D eigenvalue weighted by atomic mass is 9.95. The zero-order valence-electron chi connectivity index (χ0n) is 14.2. The number of piperidine rings is 1. The lowest BCUT2D eigenvalue weighted by molar-refractivity contribution is 0.154. The Kier molecular flexibility index (Phi) is 5.89. The summed E-state index contributed by atoms with van der Waals surface area (Å²) in [5.74, 6) is 1.30. The first-order chi connectivity index (χ1) is 12.3. The topological polar surface area (TPSA) is 106 Å². The number of carbonyl (C=O) groups is 1. The number of nitrogens with zero attached hydrogens (tertiary/aromatic N) is 5. The predicted octanol–water partition coefficient (Wildman–Crippen LogP) is 1.14. The van der Waals surface area contributed by atoms with Gasteiger partial charge in [-0.05, 0) is 18.8 Å². The summed E-state index contributed by atoms with van der Waals surface area (Å²) in [4.78, 5) is 26.5. The Morgan fingerprint density at radius 3 is 3.20 bits per heavy atom. The summed E-state index contributed by atoms with van der Waals surface area (Å²) in [5.41, 5.74) is 0.584. The highest BCUT2D eigenvalue weighted by Gasteiger charge is 2.25. The average molecular weight is 346 g/mol. The van der Waals surface area contributed by atoms with Gasteiger partial charge in [0, 0.05) is 45.6 Å². The maximum atomic E-state index is 12.2. The fraction of sp³-hybridized carbons (Fsp3) is 0.562. The Hall–Kier alpha value is -2.55. The Bertz CT molecular complexity index is 678. The second kappa shape index (κ2) is 8.52. The van der Waals surface area contributed by atoms with Gasteiger partial charge in [-0.1, -0.05) is 5.16 Å². The summed E-state index contributed by atoms with van der Waals surface area (Å²) in [7, 11) is 1.61. The van der Waals surface area contributed by atoms with E-state index < -0.39 is 0 Å². The summed E-state index contributed by atoms with van der Waals surface area (Å²) in [6, 6.07) is -0.0486. The third kappa shape index (κ3) is 4.72. The number of nitrogens with one attached hydrogen (secondary N) is 1. The van der Waals surface area contributed by atoms with Gasteiger partial charge in [0.1, 0.15) is 5.69 Å². The minimum atomic E-state index is -0.0486. The van der Waals surface area contributed by atoms with Crippen molar-refractivity contribution in [2.45, 2.75) is 19.3 Å². The van der Waals surface area contributed by atoms with E-state index in [4.69, 9.17) is 9.26 Å². The Morgan fingerprint density at radius 1 is 1.48 bits per heavy atom. The molecule has 2 aromatic heterocycles. The first-order valence-electron chi connectivity index (χ1n) is 8.37. The summed E-state index contributed by atoms with van der Waals surface area (Å²) in [5, 5.41) is 6.82. The van der Waals surface area contributed by atoms with E-state index in [0.29, 0.717) is 49.4 Å². The van der Waals surface area contributed by atoms with Gasteiger partial charge in [-0.25, -0.2) is 9.78 Å². The van der Waals surface area contributed by atoms with Gasteiger partial charge in [0.2, 0.25) is 11.7 Å². The van der Waals surface area contributed by atoms with Crippen molar-refractivity contribution < 1.29 is 14.1 Å². The van der Waals surface area contributed by atoms with Crippen LogP contribution < -0.4 is 5.32 Å². The lowest BCUT2D eigenvalue weighted by Gasteiger charge is -2.32. The number of ether oxygens (including phenoxy) is 1. The van der Waals surface area contributed by atoms with Gasteiger partial charge in [0.15, 0.2) is 0 Å². The van der Waals surface area contributed by atoms with Gasteiger partial charge in [0.25, 0.3) is 0 Å². The van der Waals surface area contributed by atoms with E-state index in [1.807, 2.05) is 4.90 Å². The quantitative estimate of drug-likeness (QED) is 0.782.